The average Bonchev–Trinajstić information content (AvgIpc) is 2.70. The van der Waals surface area contributed by atoms with Gasteiger partial charge in [0, 0.05) is 5.97 Å². The van der Waals surface area contributed by atoms with Gasteiger partial charge in [0.1, 0.15) is 12.6 Å². The predicted molar refractivity (Wildman–Crippen MR) is 124 cm³/mol. The highest BCUT2D eigenvalue weighted by Crippen LogP contribution is 2.12. The highest BCUT2D eigenvalue weighted by atomic mass is 16.4. The van der Waals surface area contributed by atoms with E-state index in [9.17, 15) is 15.0 Å². The molecule has 0 bridgehead atoms. The zero-order chi connectivity index (χ0) is 22.4. The van der Waals surface area contributed by atoms with Crippen LogP contribution in [0.5, 0.6) is 0 Å². The molecule has 0 aliphatic carbocycles. The van der Waals surface area contributed by atoms with Crippen molar-refractivity contribution in [2.75, 3.05) is 26.2 Å². The van der Waals surface area contributed by atoms with Crippen molar-refractivity contribution < 1.29 is 19.5 Å². The Morgan fingerprint density at radius 1 is 0.724 bits per heavy atom. The average molecular weight is 416 g/mol. The van der Waals surface area contributed by atoms with Crippen molar-refractivity contribution in [3.8, 4) is 0 Å². The first-order chi connectivity index (χ1) is 13.9. The van der Waals surface area contributed by atoms with Crippen molar-refractivity contribution in [1.82, 2.24) is 0 Å². The van der Waals surface area contributed by atoms with Gasteiger partial charge in [-0.05, 0) is 40.5 Å². The molecule has 176 valence electrons. The molecule has 1 atom stereocenters. The number of quaternary nitrogens is 1. The summed E-state index contributed by atoms with van der Waals surface area (Å²) in [5, 5.41) is 19.5. The van der Waals surface area contributed by atoms with Crippen LogP contribution < -0.4 is 5.11 Å². The van der Waals surface area contributed by atoms with Gasteiger partial charge in [-0.3, -0.25) is 0 Å². The molecule has 0 fully saturated rings. The number of aliphatic hydroxyl groups excluding tert-OH is 1. The van der Waals surface area contributed by atoms with Gasteiger partial charge in [-0.25, -0.2) is 0 Å². The van der Waals surface area contributed by atoms with Crippen LogP contribution in [0.2, 0.25) is 0 Å². The molecule has 4 heteroatoms. The van der Waals surface area contributed by atoms with Gasteiger partial charge in [0.15, 0.2) is 0 Å². The van der Waals surface area contributed by atoms with Gasteiger partial charge in [0.2, 0.25) is 0 Å². The van der Waals surface area contributed by atoms with E-state index in [0.717, 1.165) is 43.5 Å². The topological polar surface area (TPSA) is 60.4 Å². The third-order valence-electron chi connectivity index (χ3n) is 6.15. The van der Waals surface area contributed by atoms with Gasteiger partial charge in [0.25, 0.3) is 0 Å². The summed E-state index contributed by atoms with van der Waals surface area (Å²) in [4.78, 5) is 10.2. The number of carboxylic acids is 1. The van der Waals surface area contributed by atoms with E-state index in [1.807, 2.05) is 6.92 Å². The zero-order valence-electron chi connectivity index (χ0n) is 20.5. The summed E-state index contributed by atoms with van der Waals surface area (Å²) < 4.78 is 1.04. The Hall–Kier alpha value is -0.610. The summed E-state index contributed by atoms with van der Waals surface area (Å²) in [5.41, 5.74) is 0. The molecule has 1 N–H and O–H groups in total. The molecule has 0 aromatic heterocycles. The van der Waals surface area contributed by atoms with Gasteiger partial charge in [-0.2, -0.15) is 0 Å². The van der Waals surface area contributed by atoms with Gasteiger partial charge in [-0.1, -0.05) is 84.0 Å². The fourth-order valence-corrected chi connectivity index (χ4v) is 3.91. The number of unbranched alkanes of at least 4 members (excludes halogenated alkanes) is 12. The van der Waals surface area contributed by atoms with E-state index in [-0.39, 0.29) is 12.5 Å². The van der Waals surface area contributed by atoms with Crippen LogP contribution in [0.1, 0.15) is 125 Å². The lowest BCUT2D eigenvalue weighted by Gasteiger charge is -2.36. The van der Waals surface area contributed by atoms with Crippen LogP contribution in [0.25, 0.3) is 0 Å². The van der Waals surface area contributed by atoms with E-state index < -0.39 is 5.97 Å². The van der Waals surface area contributed by atoms with Crippen LogP contribution in [0, 0.1) is 0 Å². The minimum Gasteiger partial charge on any atom is -0.550 e. The molecular formula is C25H53NO3. The third kappa shape index (κ3) is 21.9. The van der Waals surface area contributed by atoms with Crippen molar-refractivity contribution in [3.05, 3.63) is 0 Å². The number of carbonyl (C=O) groups is 1. The van der Waals surface area contributed by atoms with E-state index in [1.54, 1.807) is 0 Å². The summed E-state index contributed by atoms with van der Waals surface area (Å²) in [7, 11) is 0. The van der Waals surface area contributed by atoms with Crippen LogP contribution in [-0.4, -0.2) is 47.8 Å². The molecular weight excluding hydrogens is 362 g/mol. The lowest BCUT2D eigenvalue weighted by Crippen LogP contribution is -2.51. The van der Waals surface area contributed by atoms with E-state index in [1.165, 1.54) is 70.6 Å². The number of nitrogens with zero attached hydrogens (tertiary/aromatic N) is 1. The molecule has 0 saturated carbocycles. The molecule has 1 unspecified atom stereocenters. The molecule has 0 saturated heterocycles. The molecule has 0 amide bonds. The fourth-order valence-electron chi connectivity index (χ4n) is 3.91. The Labute approximate surface area is 182 Å². The molecule has 0 aliphatic heterocycles. The molecule has 0 aliphatic rings. The maximum Gasteiger partial charge on any atom is 0.105 e. The minimum absolute atomic E-state index is 0.171. The summed E-state index contributed by atoms with van der Waals surface area (Å²) >= 11 is 0. The standard InChI is InChI=1S/C16H32O2.C9H22NO/c1-2-3-4-5-6-7-8-9-10-11-12-13-14-15-16(17)18;1-5-10(6-2,7-3)8-9(4)11/h2-15H2,1H3,(H,17,18);9,11H,5-8H2,1-4H3/q;+1/p-1. The molecule has 0 rings (SSSR count). The number of hydrogen-bond donors (Lipinski definition) is 1. The lowest BCUT2D eigenvalue weighted by atomic mass is 10.0. The van der Waals surface area contributed by atoms with Crippen molar-refractivity contribution in [2.24, 2.45) is 0 Å². The van der Waals surface area contributed by atoms with Crippen molar-refractivity contribution >= 4 is 5.97 Å². The van der Waals surface area contributed by atoms with Crippen molar-refractivity contribution in [2.45, 2.75) is 131 Å². The summed E-state index contributed by atoms with van der Waals surface area (Å²) in [6.45, 7) is 15.0. The number of carbonyl (C=O) groups excluding carboxylic acids is 1. The highest BCUT2D eigenvalue weighted by Gasteiger charge is 2.22. The Morgan fingerprint density at radius 2 is 1.07 bits per heavy atom. The molecule has 0 heterocycles. The predicted octanol–water partition coefficient (Wildman–Crippen LogP) is 5.46. The number of likely N-dealkylation sites (N-methyl/N-ethyl adjacent to an activating group) is 1. The van der Waals surface area contributed by atoms with E-state index in [2.05, 4.69) is 27.7 Å². The van der Waals surface area contributed by atoms with Crippen LogP contribution in [-0.2, 0) is 4.79 Å². The molecule has 0 radical (unpaired) electrons. The zero-order valence-corrected chi connectivity index (χ0v) is 20.5. The van der Waals surface area contributed by atoms with Crippen molar-refractivity contribution in [1.29, 1.82) is 0 Å². The summed E-state index contributed by atoms with van der Waals surface area (Å²) in [5.74, 6) is -0.905. The second-order valence-electron chi connectivity index (χ2n) is 8.69. The Morgan fingerprint density at radius 3 is 1.31 bits per heavy atom. The van der Waals surface area contributed by atoms with Gasteiger partial charge in [-0.15, -0.1) is 0 Å². The Bertz CT molecular complexity index is 333. The largest absolute Gasteiger partial charge is 0.550 e. The molecule has 4 nitrogen and oxygen atoms in total. The smallest absolute Gasteiger partial charge is 0.105 e. The van der Waals surface area contributed by atoms with Gasteiger partial charge in [0.05, 0.1) is 19.6 Å². The van der Waals surface area contributed by atoms with Crippen LogP contribution in [0.4, 0.5) is 0 Å². The van der Waals surface area contributed by atoms with Crippen LogP contribution >= 0.6 is 0 Å². The maximum atomic E-state index is 10.2. The second-order valence-corrected chi connectivity index (χ2v) is 8.69. The monoisotopic (exact) mass is 415 g/mol. The molecule has 0 aromatic carbocycles. The first-order valence-electron chi connectivity index (χ1n) is 12.6. The number of carboxylic acid groups (broad SMARTS) is 1. The van der Waals surface area contributed by atoms with E-state index >= 15 is 0 Å². The third-order valence-corrected chi connectivity index (χ3v) is 6.15. The maximum absolute atomic E-state index is 10.2. The lowest BCUT2D eigenvalue weighted by molar-refractivity contribution is -0.925. The SMILES string of the molecule is CCCCCCCCCCCCCCCC(=O)[O-].CC[N+](CC)(CC)CC(C)O. The number of aliphatic hydroxyl groups is 1. The molecule has 0 spiro atoms. The van der Waals surface area contributed by atoms with Crippen LogP contribution in [0.15, 0.2) is 0 Å². The first-order valence-corrected chi connectivity index (χ1v) is 12.6. The summed E-state index contributed by atoms with van der Waals surface area (Å²) in [6.07, 6.45) is 16.8. The Kier molecular flexibility index (Phi) is 23.3. The number of rotatable bonds is 19. The minimum atomic E-state index is -0.905. The number of hydrogen-bond acceptors (Lipinski definition) is 3. The number of aliphatic carboxylic acids is 1. The van der Waals surface area contributed by atoms with Gasteiger partial charge < -0.3 is 19.5 Å². The van der Waals surface area contributed by atoms with Gasteiger partial charge >= 0.3 is 0 Å². The Balaban J connectivity index is 0. The molecule has 29 heavy (non-hydrogen) atoms. The first kappa shape index (κ1) is 30.6. The normalized spacial score (nSPS) is 12.3. The summed E-state index contributed by atoms with van der Waals surface area (Å²) in [6, 6.07) is 0. The van der Waals surface area contributed by atoms with Crippen molar-refractivity contribution in [3.63, 3.8) is 0 Å². The quantitative estimate of drug-likeness (QED) is 0.225. The van der Waals surface area contributed by atoms with Crippen LogP contribution in [0.3, 0.4) is 0 Å². The second kappa shape index (κ2) is 22.1. The highest BCUT2D eigenvalue weighted by molar-refractivity contribution is 5.63. The van der Waals surface area contributed by atoms with E-state index in [4.69, 9.17) is 0 Å². The molecule has 0 aromatic rings. The fraction of sp³-hybridized carbons (Fsp3) is 0.960. The van der Waals surface area contributed by atoms with E-state index in [0.29, 0.717) is 0 Å².